The van der Waals surface area contributed by atoms with E-state index in [1.807, 2.05) is 13.8 Å². The van der Waals surface area contributed by atoms with E-state index in [0.717, 1.165) is 11.1 Å². The summed E-state index contributed by atoms with van der Waals surface area (Å²) in [5, 5.41) is 0. The largest absolute Gasteiger partial charge is 0.573 e. The number of alkyl halides is 3. The smallest absolute Gasteiger partial charge is 0.406 e. The molecule has 0 aliphatic carbocycles. The molecule has 0 aliphatic heterocycles. The summed E-state index contributed by atoms with van der Waals surface area (Å²) in [5.74, 6) is 0.0505. The second-order valence-electron chi connectivity index (χ2n) is 5.01. The molecule has 6 heteroatoms. The lowest BCUT2D eigenvalue weighted by Crippen LogP contribution is -2.17. The normalized spacial score (nSPS) is 13.2. The first kappa shape index (κ1) is 15.3. The van der Waals surface area contributed by atoms with Crippen molar-refractivity contribution < 1.29 is 17.9 Å². The van der Waals surface area contributed by atoms with Crippen LogP contribution >= 0.6 is 0 Å². The zero-order chi connectivity index (χ0) is 15.5. The van der Waals surface area contributed by atoms with E-state index in [4.69, 9.17) is 0 Å². The molecule has 0 radical (unpaired) electrons. The van der Waals surface area contributed by atoms with Crippen LogP contribution in [-0.2, 0) is 0 Å². The Labute approximate surface area is 120 Å². The number of halogens is 3. The van der Waals surface area contributed by atoms with E-state index in [1.54, 1.807) is 24.5 Å². The quantitative estimate of drug-likeness (QED) is 0.849. The molecule has 21 heavy (non-hydrogen) atoms. The molecule has 0 fully saturated rings. The molecule has 0 amide bonds. The molecule has 0 bridgehead atoms. The molecule has 2 rings (SSSR count). The monoisotopic (exact) mass is 296 g/mol. The zero-order valence-corrected chi connectivity index (χ0v) is 11.6. The Hall–Kier alpha value is -2.11. The van der Waals surface area contributed by atoms with Crippen LogP contribution in [0.25, 0.3) is 0 Å². The van der Waals surface area contributed by atoms with E-state index in [9.17, 15) is 13.2 Å². The summed E-state index contributed by atoms with van der Waals surface area (Å²) in [4.78, 5) is 7.99. The van der Waals surface area contributed by atoms with E-state index >= 15 is 0 Å². The van der Waals surface area contributed by atoms with Crippen molar-refractivity contribution in [2.75, 3.05) is 0 Å². The van der Waals surface area contributed by atoms with Gasteiger partial charge in [0.25, 0.3) is 0 Å². The Morgan fingerprint density at radius 2 is 1.52 bits per heavy atom. The summed E-state index contributed by atoms with van der Waals surface area (Å²) in [6.45, 7) is 4.08. The van der Waals surface area contributed by atoms with Crippen LogP contribution in [-0.4, -0.2) is 16.3 Å². The zero-order valence-electron chi connectivity index (χ0n) is 11.6. The molecule has 0 aliphatic rings. The first-order chi connectivity index (χ1) is 9.87. The third kappa shape index (κ3) is 4.18. The van der Waals surface area contributed by atoms with Crippen molar-refractivity contribution in [2.24, 2.45) is 5.92 Å². The summed E-state index contributed by atoms with van der Waals surface area (Å²) in [7, 11) is 0. The highest BCUT2D eigenvalue weighted by Gasteiger charge is 2.31. The Kier molecular flexibility index (Phi) is 4.45. The van der Waals surface area contributed by atoms with Gasteiger partial charge in [-0.3, -0.25) is 0 Å². The van der Waals surface area contributed by atoms with Crippen molar-refractivity contribution >= 4 is 0 Å². The van der Waals surface area contributed by atoms with Gasteiger partial charge in [0, 0.05) is 18.3 Å². The molecule has 0 N–H and O–H groups in total. The average molecular weight is 296 g/mol. The number of rotatable bonds is 4. The highest BCUT2D eigenvalue weighted by molar-refractivity contribution is 5.35. The van der Waals surface area contributed by atoms with Crippen molar-refractivity contribution in [3.63, 3.8) is 0 Å². The highest BCUT2D eigenvalue weighted by Crippen LogP contribution is 2.32. The minimum absolute atomic E-state index is 0.0196. The second-order valence-corrected chi connectivity index (χ2v) is 5.01. The number of nitrogens with zero attached hydrogens (tertiary/aromatic N) is 2. The summed E-state index contributed by atoms with van der Waals surface area (Å²) in [5.41, 5.74) is 1.83. The first-order valence-corrected chi connectivity index (χ1v) is 6.47. The SMILES string of the molecule is CC(C)C(c1ccc(OC(F)(F)F)cc1)c1cncnc1. The molecule has 112 valence electrons. The maximum atomic E-state index is 12.2. The maximum absolute atomic E-state index is 12.2. The first-order valence-electron chi connectivity index (χ1n) is 6.47. The average Bonchev–Trinajstić information content (AvgIpc) is 2.40. The fourth-order valence-corrected chi connectivity index (χ4v) is 2.31. The minimum Gasteiger partial charge on any atom is -0.406 e. The van der Waals surface area contributed by atoms with Crippen molar-refractivity contribution in [2.45, 2.75) is 26.1 Å². The van der Waals surface area contributed by atoms with Crippen LogP contribution in [0.5, 0.6) is 5.75 Å². The van der Waals surface area contributed by atoms with Crippen molar-refractivity contribution in [3.05, 3.63) is 54.1 Å². The lowest BCUT2D eigenvalue weighted by atomic mass is 9.84. The van der Waals surface area contributed by atoms with Crippen LogP contribution in [0.3, 0.4) is 0 Å². The van der Waals surface area contributed by atoms with Gasteiger partial charge in [-0.1, -0.05) is 26.0 Å². The van der Waals surface area contributed by atoms with Crippen LogP contribution in [0.2, 0.25) is 0 Å². The van der Waals surface area contributed by atoms with Crippen LogP contribution in [0.1, 0.15) is 30.9 Å². The third-order valence-electron chi connectivity index (χ3n) is 3.08. The van der Waals surface area contributed by atoms with Crippen molar-refractivity contribution in [3.8, 4) is 5.75 Å². The van der Waals surface area contributed by atoms with Gasteiger partial charge in [-0.05, 0) is 29.2 Å². The van der Waals surface area contributed by atoms with Gasteiger partial charge in [0.2, 0.25) is 0 Å². The topological polar surface area (TPSA) is 35.0 Å². The van der Waals surface area contributed by atoms with Crippen molar-refractivity contribution in [1.29, 1.82) is 0 Å². The predicted octanol–water partition coefficient (Wildman–Crippen LogP) is 4.16. The van der Waals surface area contributed by atoms with E-state index < -0.39 is 6.36 Å². The van der Waals surface area contributed by atoms with Gasteiger partial charge in [0.15, 0.2) is 0 Å². The standard InChI is InChI=1S/C15H15F3N2O/c1-10(2)14(12-7-19-9-20-8-12)11-3-5-13(6-4-11)21-15(16,17)18/h3-10,14H,1-2H3. The molecule has 0 spiro atoms. The Morgan fingerprint density at radius 3 is 2.00 bits per heavy atom. The van der Waals surface area contributed by atoms with E-state index in [2.05, 4.69) is 14.7 Å². The number of hydrogen-bond acceptors (Lipinski definition) is 3. The van der Waals surface area contributed by atoms with E-state index in [0.29, 0.717) is 0 Å². The molecular weight excluding hydrogens is 281 g/mol. The fraction of sp³-hybridized carbons (Fsp3) is 0.333. The molecular formula is C15H15F3N2O. The number of hydrogen-bond donors (Lipinski definition) is 0. The molecule has 0 saturated carbocycles. The number of benzene rings is 1. The predicted molar refractivity (Wildman–Crippen MR) is 71.8 cm³/mol. The van der Waals surface area contributed by atoms with Crippen LogP contribution in [0.15, 0.2) is 43.0 Å². The fourth-order valence-electron chi connectivity index (χ4n) is 2.31. The molecule has 1 unspecified atom stereocenters. The van der Waals surface area contributed by atoms with Gasteiger partial charge in [-0.25, -0.2) is 9.97 Å². The molecule has 0 saturated heterocycles. The second kappa shape index (κ2) is 6.11. The number of aromatic nitrogens is 2. The Bertz CT molecular complexity index is 568. The lowest BCUT2D eigenvalue weighted by Gasteiger charge is -2.21. The van der Waals surface area contributed by atoms with E-state index in [-0.39, 0.29) is 17.6 Å². The van der Waals surface area contributed by atoms with Gasteiger partial charge in [-0.2, -0.15) is 0 Å². The molecule has 1 aromatic heterocycles. The molecule has 3 nitrogen and oxygen atoms in total. The summed E-state index contributed by atoms with van der Waals surface area (Å²) in [6.07, 6.45) is 0.211. The molecule has 1 heterocycles. The number of ether oxygens (including phenoxy) is 1. The third-order valence-corrected chi connectivity index (χ3v) is 3.08. The summed E-state index contributed by atoms with van der Waals surface area (Å²) >= 11 is 0. The molecule has 2 aromatic rings. The van der Waals surface area contributed by atoms with E-state index in [1.165, 1.54) is 18.5 Å². The van der Waals surface area contributed by atoms with Crippen molar-refractivity contribution in [1.82, 2.24) is 9.97 Å². The van der Waals surface area contributed by atoms with Gasteiger partial charge in [0.05, 0.1) is 0 Å². The minimum atomic E-state index is -4.67. The lowest BCUT2D eigenvalue weighted by molar-refractivity contribution is -0.274. The highest BCUT2D eigenvalue weighted by atomic mass is 19.4. The van der Waals surface area contributed by atoms with Gasteiger partial charge < -0.3 is 4.74 Å². The summed E-state index contributed by atoms with van der Waals surface area (Å²) < 4.78 is 40.3. The van der Waals surface area contributed by atoms with Crippen LogP contribution in [0.4, 0.5) is 13.2 Å². The van der Waals surface area contributed by atoms with Gasteiger partial charge >= 0.3 is 6.36 Å². The molecule has 1 atom stereocenters. The van der Waals surface area contributed by atoms with Gasteiger partial charge in [0.1, 0.15) is 12.1 Å². The maximum Gasteiger partial charge on any atom is 0.573 e. The summed E-state index contributed by atoms with van der Waals surface area (Å²) in [6, 6.07) is 5.92. The van der Waals surface area contributed by atoms with Gasteiger partial charge in [-0.15, -0.1) is 13.2 Å². The van der Waals surface area contributed by atoms with Crippen LogP contribution < -0.4 is 4.74 Å². The Balaban J connectivity index is 2.26. The Morgan fingerprint density at radius 1 is 0.952 bits per heavy atom. The molecule has 1 aromatic carbocycles. The van der Waals surface area contributed by atoms with Crippen LogP contribution in [0, 0.1) is 5.92 Å².